The Bertz CT molecular complexity index is 198. The molecule has 3 heteroatoms. The molecule has 88 valence electrons. The van der Waals surface area contributed by atoms with Gasteiger partial charge in [-0.3, -0.25) is 4.79 Å². The quantitative estimate of drug-likeness (QED) is 0.705. The number of amides is 1. The first-order valence-corrected chi connectivity index (χ1v) is 6.23. The van der Waals surface area contributed by atoms with E-state index in [-0.39, 0.29) is 11.9 Å². The van der Waals surface area contributed by atoms with Crippen LogP contribution >= 0.6 is 0 Å². The van der Waals surface area contributed by atoms with E-state index in [1.54, 1.807) is 0 Å². The molecule has 1 rings (SSSR count). The molecule has 1 saturated carbocycles. The van der Waals surface area contributed by atoms with E-state index in [9.17, 15) is 4.79 Å². The summed E-state index contributed by atoms with van der Waals surface area (Å²) in [6.45, 7) is 6.17. The predicted octanol–water partition coefficient (Wildman–Crippen LogP) is 1.82. The predicted molar refractivity (Wildman–Crippen MR) is 62.7 cm³/mol. The van der Waals surface area contributed by atoms with E-state index in [0.717, 1.165) is 12.8 Å². The lowest BCUT2D eigenvalue weighted by Gasteiger charge is -2.30. The van der Waals surface area contributed by atoms with E-state index < -0.39 is 0 Å². The highest BCUT2D eigenvalue weighted by molar-refractivity contribution is 5.81. The summed E-state index contributed by atoms with van der Waals surface area (Å²) < 4.78 is 0. The van der Waals surface area contributed by atoms with Crippen LogP contribution in [0.5, 0.6) is 0 Å². The maximum Gasteiger partial charge on any atom is 0.237 e. The number of carbonyl (C=O) groups excluding carboxylic acids is 1. The van der Waals surface area contributed by atoms with Crippen molar-refractivity contribution in [2.75, 3.05) is 0 Å². The van der Waals surface area contributed by atoms with Gasteiger partial charge in [-0.1, -0.05) is 20.3 Å². The summed E-state index contributed by atoms with van der Waals surface area (Å²) in [4.78, 5) is 11.8. The van der Waals surface area contributed by atoms with E-state index in [2.05, 4.69) is 24.5 Å². The van der Waals surface area contributed by atoms with Gasteiger partial charge in [0.1, 0.15) is 0 Å². The number of hydrogen-bond donors (Lipinski definition) is 2. The number of nitrogens with one attached hydrogen (secondary N) is 2. The van der Waals surface area contributed by atoms with Crippen LogP contribution in [0, 0.1) is 0 Å². The molecular weight excluding hydrogens is 188 g/mol. The van der Waals surface area contributed by atoms with Crippen molar-refractivity contribution in [3.05, 3.63) is 0 Å². The molecule has 15 heavy (non-hydrogen) atoms. The molecule has 1 unspecified atom stereocenters. The van der Waals surface area contributed by atoms with Crippen molar-refractivity contribution in [3.8, 4) is 0 Å². The van der Waals surface area contributed by atoms with Gasteiger partial charge in [0.15, 0.2) is 0 Å². The van der Waals surface area contributed by atoms with Gasteiger partial charge in [-0.25, -0.2) is 0 Å². The standard InChI is InChI=1S/C12H24N2O/c1-4-10(5-2)14-12(15)9(3)13-11-7-6-8-11/h9-11,13H,4-8H2,1-3H3,(H,14,15). The fourth-order valence-corrected chi connectivity index (χ4v) is 1.82. The summed E-state index contributed by atoms with van der Waals surface area (Å²) in [6, 6.07) is 0.867. The Morgan fingerprint density at radius 3 is 2.33 bits per heavy atom. The molecule has 2 N–H and O–H groups in total. The summed E-state index contributed by atoms with van der Waals surface area (Å²) >= 11 is 0. The van der Waals surface area contributed by atoms with Crippen LogP contribution < -0.4 is 10.6 Å². The summed E-state index contributed by atoms with van der Waals surface area (Å²) in [5.74, 6) is 0.149. The van der Waals surface area contributed by atoms with E-state index in [0.29, 0.717) is 12.1 Å². The molecule has 0 radical (unpaired) electrons. The van der Waals surface area contributed by atoms with Gasteiger partial charge in [-0.15, -0.1) is 0 Å². The molecule has 0 aliphatic heterocycles. The van der Waals surface area contributed by atoms with Crippen molar-refractivity contribution in [3.63, 3.8) is 0 Å². The minimum atomic E-state index is -0.0455. The first-order chi connectivity index (χ1) is 7.17. The van der Waals surface area contributed by atoms with Crippen LogP contribution in [-0.2, 0) is 4.79 Å². The molecule has 1 aliphatic rings. The molecule has 1 aliphatic carbocycles. The molecule has 1 atom stereocenters. The van der Waals surface area contributed by atoms with Crippen molar-refractivity contribution in [1.29, 1.82) is 0 Å². The largest absolute Gasteiger partial charge is 0.352 e. The van der Waals surface area contributed by atoms with Gasteiger partial charge in [0, 0.05) is 12.1 Å². The van der Waals surface area contributed by atoms with E-state index in [1.165, 1.54) is 19.3 Å². The van der Waals surface area contributed by atoms with Crippen molar-refractivity contribution in [1.82, 2.24) is 10.6 Å². The van der Waals surface area contributed by atoms with Crippen LogP contribution in [0.4, 0.5) is 0 Å². The summed E-state index contributed by atoms with van der Waals surface area (Å²) in [6.07, 6.45) is 5.78. The smallest absolute Gasteiger partial charge is 0.237 e. The van der Waals surface area contributed by atoms with Gasteiger partial charge in [0.05, 0.1) is 6.04 Å². The molecule has 0 saturated heterocycles. The normalized spacial score (nSPS) is 18.7. The maximum absolute atomic E-state index is 11.8. The molecule has 1 amide bonds. The lowest BCUT2D eigenvalue weighted by atomic mass is 9.92. The number of carbonyl (C=O) groups is 1. The first-order valence-electron chi connectivity index (χ1n) is 6.23. The highest BCUT2D eigenvalue weighted by Gasteiger charge is 2.23. The minimum absolute atomic E-state index is 0.0455. The Balaban J connectivity index is 2.24. The number of hydrogen-bond acceptors (Lipinski definition) is 2. The maximum atomic E-state index is 11.8. The fourth-order valence-electron chi connectivity index (χ4n) is 1.82. The van der Waals surface area contributed by atoms with E-state index >= 15 is 0 Å². The Labute approximate surface area is 93.0 Å². The Morgan fingerprint density at radius 2 is 1.93 bits per heavy atom. The van der Waals surface area contributed by atoms with Gasteiger partial charge in [0.25, 0.3) is 0 Å². The van der Waals surface area contributed by atoms with Gasteiger partial charge < -0.3 is 10.6 Å². The second kappa shape index (κ2) is 6.11. The molecule has 3 nitrogen and oxygen atoms in total. The third-order valence-electron chi connectivity index (χ3n) is 3.32. The second-order valence-electron chi connectivity index (χ2n) is 4.54. The zero-order valence-corrected chi connectivity index (χ0v) is 10.2. The SMILES string of the molecule is CCC(CC)NC(=O)C(C)NC1CCC1. The topological polar surface area (TPSA) is 41.1 Å². The molecule has 0 aromatic carbocycles. The lowest BCUT2D eigenvalue weighted by Crippen LogP contribution is -2.50. The van der Waals surface area contributed by atoms with Crippen LogP contribution in [-0.4, -0.2) is 24.0 Å². The highest BCUT2D eigenvalue weighted by Crippen LogP contribution is 2.18. The molecule has 0 heterocycles. The second-order valence-corrected chi connectivity index (χ2v) is 4.54. The average Bonchev–Trinajstić information content (AvgIpc) is 2.19. The summed E-state index contributed by atoms with van der Waals surface area (Å²) in [5, 5.41) is 6.43. The van der Waals surface area contributed by atoms with Gasteiger partial charge in [-0.2, -0.15) is 0 Å². The Kier molecular flexibility index (Phi) is 5.09. The monoisotopic (exact) mass is 212 g/mol. The summed E-state index contributed by atoms with van der Waals surface area (Å²) in [7, 11) is 0. The van der Waals surface area contributed by atoms with Crippen LogP contribution in [0.1, 0.15) is 52.9 Å². The minimum Gasteiger partial charge on any atom is -0.352 e. The van der Waals surface area contributed by atoms with E-state index in [4.69, 9.17) is 0 Å². The van der Waals surface area contributed by atoms with Crippen molar-refractivity contribution in [2.24, 2.45) is 0 Å². The average molecular weight is 212 g/mol. The van der Waals surface area contributed by atoms with Crippen LogP contribution in [0.2, 0.25) is 0 Å². The van der Waals surface area contributed by atoms with Gasteiger partial charge >= 0.3 is 0 Å². The third-order valence-corrected chi connectivity index (χ3v) is 3.32. The Hall–Kier alpha value is -0.570. The highest BCUT2D eigenvalue weighted by atomic mass is 16.2. The molecular formula is C12H24N2O. The molecule has 0 aromatic rings. The third kappa shape index (κ3) is 3.82. The number of rotatable bonds is 6. The van der Waals surface area contributed by atoms with Crippen molar-refractivity contribution < 1.29 is 4.79 Å². The van der Waals surface area contributed by atoms with Crippen LogP contribution in [0.3, 0.4) is 0 Å². The zero-order valence-electron chi connectivity index (χ0n) is 10.2. The van der Waals surface area contributed by atoms with Gasteiger partial charge in [-0.05, 0) is 32.6 Å². The molecule has 0 bridgehead atoms. The van der Waals surface area contributed by atoms with Crippen LogP contribution in [0.25, 0.3) is 0 Å². The van der Waals surface area contributed by atoms with Gasteiger partial charge in [0.2, 0.25) is 5.91 Å². The molecule has 0 spiro atoms. The Morgan fingerprint density at radius 1 is 1.33 bits per heavy atom. The van der Waals surface area contributed by atoms with Crippen molar-refractivity contribution >= 4 is 5.91 Å². The lowest BCUT2D eigenvalue weighted by molar-refractivity contribution is -0.123. The van der Waals surface area contributed by atoms with Crippen LogP contribution in [0.15, 0.2) is 0 Å². The van der Waals surface area contributed by atoms with Crippen molar-refractivity contribution in [2.45, 2.75) is 71.0 Å². The zero-order chi connectivity index (χ0) is 11.3. The van der Waals surface area contributed by atoms with E-state index in [1.807, 2.05) is 6.92 Å². The fraction of sp³-hybridized carbons (Fsp3) is 0.917. The molecule has 1 fully saturated rings. The summed E-state index contributed by atoms with van der Waals surface area (Å²) in [5.41, 5.74) is 0. The first kappa shape index (κ1) is 12.5. The molecule has 0 aromatic heterocycles.